The molecule has 2 atom stereocenters. The van der Waals surface area contributed by atoms with E-state index in [1.165, 1.54) is 17.8 Å². The van der Waals surface area contributed by atoms with Crippen molar-refractivity contribution in [1.29, 1.82) is 0 Å². The molecule has 2 heterocycles. The number of rotatable bonds is 4. The number of hydrogen-bond acceptors (Lipinski definition) is 4. The van der Waals surface area contributed by atoms with Gasteiger partial charge in [-0.2, -0.15) is 0 Å². The number of hydrogen-bond donors (Lipinski definition) is 2. The van der Waals surface area contributed by atoms with E-state index in [-0.39, 0.29) is 6.10 Å². The van der Waals surface area contributed by atoms with E-state index in [1.807, 2.05) is 0 Å². The lowest BCUT2D eigenvalue weighted by Crippen LogP contribution is -2.29. The Bertz CT molecular complexity index is 589. The first-order chi connectivity index (χ1) is 9.65. The average Bonchev–Trinajstić information content (AvgIpc) is 2.91. The fourth-order valence-electron chi connectivity index (χ4n) is 3.22. The topological polar surface area (TPSA) is 49.6 Å². The van der Waals surface area contributed by atoms with Crippen molar-refractivity contribution < 1.29 is 5.11 Å². The predicted molar refractivity (Wildman–Crippen MR) is 82.2 cm³/mol. The molecule has 2 unspecified atom stereocenters. The molecular weight excluding hydrogens is 270 g/mol. The molecule has 0 bridgehead atoms. The molecule has 1 aliphatic carbocycles. The Balaban J connectivity index is 1.62. The van der Waals surface area contributed by atoms with Gasteiger partial charge in [-0.05, 0) is 45.6 Å². The molecule has 0 aromatic carbocycles. The zero-order valence-electron chi connectivity index (χ0n) is 12.2. The molecule has 1 fully saturated rings. The number of fused-ring (bicyclic) bond motifs is 1. The second-order valence-electron chi connectivity index (χ2n) is 5.96. The Kier molecular flexibility index (Phi) is 4.10. The van der Waals surface area contributed by atoms with E-state index in [1.54, 1.807) is 11.3 Å². The van der Waals surface area contributed by atoms with Crippen LogP contribution in [0.3, 0.4) is 0 Å². The van der Waals surface area contributed by atoms with Crippen molar-refractivity contribution in [3.05, 3.63) is 22.5 Å². The van der Waals surface area contributed by atoms with Crippen LogP contribution >= 0.6 is 11.3 Å². The number of aromatic nitrogens is 2. The Morgan fingerprint density at radius 1 is 1.45 bits per heavy atom. The number of thiazole rings is 1. The van der Waals surface area contributed by atoms with Gasteiger partial charge in [0.2, 0.25) is 0 Å². The molecule has 4 nitrogen and oxygen atoms in total. The van der Waals surface area contributed by atoms with Crippen molar-refractivity contribution in [3.63, 3.8) is 0 Å². The Morgan fingerprint density at radius 3 is 3.10 bits per heavy atom. The normalized spacial score (nSPS) is 23.6. The predicted octanol–water partition coefficient (Wildman–Crippen LogP) is 2.65. The maximum Gasteiger partial charge on any atom is 0.194 e. The lowest BCUT2D eigenvalue weighted by Gasteiger charge is -2.26. The molecule has 5 heteroatoms. The highest BCUT2D eigenvalue weighted by Gasteiger charge is 2.20. The quantitative estimate of drug-likeness (QED) is 0.911. The zero-order valence-corrected chi connectivity index (χ0v) is 13.0. The second-order valence-corrected chi connectivity index (χ2v) is 6.79. The summed E-state index contributed by atoms with van der Waals surface area (Å²) in [6.45, 7) is 6.07. The van der Waals surface area contributed by atoms with Crippen LogP contribution in [0.5, 0.6) is 0 Å². The third kappa shape index (κ3) is 2.75. The van der Waals surface area contributed by atoms with Crippen LogP contribution in [0.15, 0.2) is 5.38 Å². The molecule has 0 radical (unpaired) electrons. The third-order valence-electron chi connectivity index (χ3n) is 4.31. The fraction of sp³-hybridized carbons (Fsp3) is 0.667. The molecule has 0 spiro atoms. The van der Waals surface area contributed by atoms with Crippen LogP contribution in [-0.2, 0) is 6.54 Å². The van der Waals surface area contributed by atoms with Crippen molar-refractivity contribution in [2.45, 2.75) is 52.2 Å². The minimum Gasteiger partial charge on any atom is -0.393 e. The summed E-state index contributed by atoms with van der Waals surface area (Å²) in [7, 11) is 0. The number of aliphatic hydroxyl groups excluding tert-OH is 1. The van der Waals surface area contributed by atoms with Crippen LogP contribution in [0.25, 0.3) is 4.96 Å². The van der Waals surface area contributed by atoms with Crippen LogP contribution in [0, 0.1) is 19.8 Å². The first kappa shape index (κ1) is 14.0. The lowest BCUT2D eigenvalue weighted by molar-refractivity contribution is 0.100. The summed E-state index contributed by atoms with van der Waals surface area (Å²) >= 11 is 1.70. The highest BCUT2D eigenvalue weighted by atomic mass is 32.1. The minimum absolute atomic E-state index is 0.0851. The van der Waals surface area contributed by atoms with Gasteiger partial charge in [-0.15, -0.1) is 11.3 Å². The van der Waals surface area contributed by atoms with Crippen LogP contribution < -0.4 is 5.32 Å². The van der Waals surface area contributed by atoms with Gasteiger partial charge < -0.3 is 10.4 Å². The summed E-state index contributed by atoms with van der Waals surface area (Å²) in [5.74, 6) is 0.617. The average molecular weight is 293 g/mol. The molecule has 110 valence electrons. The molecule has 1 saturated carbocycles. The maximum atomic E-state index is 9.72. The summed E-state index contributed by atoms with van der Waals surface area (Å²) in [4.78, 5) is 5.70. The first-order valence-electron chi connectivity index (χ1n) is 7.46. The summed E-state index contributed by atoms with van der Waals surface area (Å²) in [5.41, 5.74) is 3.65. The zero-order chi connectivity index (χ0) is 14.1. The summed E-state index contributed by atoms with van der Waals surface area (Å²) in [6.07, 6.45) is 4.24. The molecule has 1 aliphatic rings. The first-order valence-corrected chi connectivity index (χ1v) is 8.34. The van der Waals surface area contributed by atoms with Crippen LogP contribution in [0.2, 0.25) is 0 Å². The molecular formula is C15H23N3OS. The van der Waals surface area contributed by atoms with Crippen molar-refractivity contribution in [2.75, 3.05) is 6.54 Å². The molecule has 0 aliphatic heterocycles. The van der Waals surface area contributed by atoms with E-state index >= 15 is 0 Å². The number of imidazole rings is 1. The van der Waals surface area contributed by atoms with Gasteiger partial charge in [-0.1, -0.05) is 6.42 Å². The van der Waals surface area contributed by atoms with E-state index in [0.29, 0.717) is 5.92 Å². The van der Waals surface area contributed by atoms with Gasteiger partial charge in [0.25, 0.3) is 0 Å². The van der Waals surface area contributed by atoms with E-state index < -0.39 is 0 Å². The number of aryl methyl sites for hydroxylation is 2. The number of nitrogens with one attached hydrogen (secondary N) is 1. The van der Waals surface area contributed by atoms with Crippen LogP contribution in [-0.4, -0.2) is 27.1 Å². The number of nitrogens with zero attached hydrogens (tertiary/aromatic N) is 2. The van der Waals surface area contributed by atoms with Gasteiger partial charge in [0, 0.05) is 17.6 Å². The van der Waals surface area contributed by atoms with Gasteiger partial charge in [0.15, 0.2) is 4.96 Å². The summed E-state index contributed by atoms with van der Waals surface area (Å²) < 4.78 is 2.25. The van der Waals surface area contributed by atoms with Gasteiger partial charge in [-0.3, -0.25) is 4.40 Å². The Morgan fingerprint density at radius 2 is 2.30 bits per heavy atom. The van der Waals surface area contributed by atoms with Gasteiger partial charge in [0.05, 0.1) is 17.5 Å². The highest BCUT2D eigenvalue weighted by molar-refractivity contribution is 7.15. The standard InChI is InChI=1S/C15H23N3OS/c1-10-9-20-15-17-11(2)14(18(10)15)8-16-7-12-4-3-5-13(19)6-12/h9,12-13,16,19H,3-8H2,1-2H3. The van der Waals surface area contributed by atoms with Crippen molar-refractivity contribution in [3.8, 4) is 0 Å². The van der Waals surface area contributed by atoms with Gasteiger partial charge >= 0.3 is 0 Å². The fourth-order valence-corrected chi connectivity index (χ4v) is 4.15. The second kappa shape index (κ2) is 5.84. The number of aliphatic hydroxyl groups is 1. The molecule has 2 N–H and O–H groups in total. The summed E-state index contributed by atoms with van der Waals surface area (Å²) in [6, 6.07) is 0. The highest BCUT2D eigenvalue weighted by Crippen LogP contribution is 2.24. The van der Waals surface area contributed by atoms with Crippen molar-refractivity contribution >= 4 is 16.3 Å². The molecule has 2 aromatic heterocycles. The summed E-state index contributed by atoms with van der Waals surface area (Å²) in [5, 5.41) is 15.4. The largest absolute Gasteiger partial charge is 0.393 e. The maximum absolute atomic E-state index is 9.72. The molecule has 3 rings (SSSR count). The van der Waals surface area contributed by atoms with Crippen molar-refractivity contribution in [2.24, 2.45) is 5.92 Å². The van der Waals surface area contributed by atoms with Crippen molar-refractivity contribution in [1.82, 2.24) is 14.7 Å². The Labute approximate surface area is 123 Å². The van der Waals surface area contributed by atoms with Gasteiger partial charge in [0.1, 0.15) is 0 Å². The molecule has 2 aromatic rings. The third-order valence-corrected chi connectivity index (χ3v) is 5.25. The molecule has 0 saturated heterocycles. The monoisotopic (exact) mass is 293 g/mol. The van der Waals surface area contributed by atoms with Crippen LogP contribution in [0.4, 0.5) is 0 Å². The smallest absolute Gasteiger partial charge is 0.194 e. The van der Waals surface area contributed by atoms with E-state index in [0.717, 1.165) is 43.0 Å². The van der Waals surface area contributed by atoms with Crippen LogP contribution in [0.1, 0.15) is 42.8 Å². The van der Waals surface area contributed by atoms with E-state index in [2.05, 4.69) is 33.9 Å². The Hall–Kier alpha value is -0.910. The van der Waals surface area contributed by atoms with Gasteiger partial charge in [-0.25, -0.2) is 4.98 Å². The lowest BCUT2D eigenvalue weighted by atomic mass is 9.87. The minimum atomic E-state index is -0.0851. The molecule has 0 amide bonds. The molecule has 20 heavy (non-hydrogen) atoms. The van der Waals surface area contributed by atoms with E-state index in [4.69, 9.17) is 0 Å². The van der Waals surface area contributed by atoms with E-state index in [9.17, 15) is 5.11 Å². The SMILES string of the molecule is Cc1nc2scc(C)n2c1CNCC1CCCC(O)C1.